The van der Waals surface area contributed by atoms with Crippen LogP contribution in [0.3, 0.4) is 0 Å². The van der Waals surface area contributed by atoms with Gasteiger partial charge in [-0.3, -0.25) is 19.2 Å². The lowest BCUT2D eigenvalue weighted by atomic mass is 9.44. The minimum Gasteiger partial charge on any atom is -0.463 e. The number of halogens is 1. The zero-order chi connectivity index (χ0) is 30.9. The Hall–Kier alpha value is -2.47. The fourth-order valence-electron chi connectivity index (χ4n) is 8.67. The molecule has 0 radical (unpaired) electrons. The maximum Gasteiger partial charge on any atom is 0.306 e. The topological polar surface area (TPSA) is 151 Å². The van der Waals surface area contributed by atoms with Gasteiger partial charge in [-0.05, 0) is 56.6 Å². The Bertz CT molecular complexity index is 1160. The molecule has 4 rings (SSSR count). The SMILES string of the molecule is COC1(C(=O)COC(=O)CCC(=O)OCCOCCN)C(C)CC2C3CCC4=CC(=O)C=CC4(C)C3(F)C(O)CC21C. The molecule has 10 nitrogen and oxygen atoms in total. The number of carbonyl (C=O) groups is 4. The molecule has 42 heavy (non-hydrogen) atoms. The molecule has 0 spiro atoms. The molecule has 11 heteroatoms. The van der Waals surface area contributed by atoms with Gasteiger partial charge in [-0.15, -0.1) is 0 Å². The highest BCUT2D eigenvalue weighted by Gasteiger charge is 2.76. The normalized spacial score (nSPS) is 38.6. The van der Waals surface area contributed by atoms with Crippen molar-refractivity contribution < 1.29 is 47.6 Å². The number of hydrogen-bond donors (Lipinski definition) is 2. The Balaban J connectivity index is 1.45. The maximum absolute atomic E-state index is 17.4. The monoisotopic (exact) mass is 593 g/mol. The van der Waals surface area contributed by atoms with Crippen LogP contribution in [0.15, 0.2) is 23.8 Å². The standard InChI is InChI=1S/C31H44FNO9/c1-19-15-23-22-6-5-20-16-21(34)9-10-28(20,2)30(22,32)24(35)17-29(23,3)31(19,39-4)25(36)18-42-27(38)8-7-26(37)41-14-13-40-12-11-33/h9-10,16,19,22-24,35H,5-8,11-15,17-18,33H2,1-4H3. The van der Waals surface area contributed by atoms with Crippen molar-refractivity contribution in [1.29, 1.82) is 0 Å². The molecule has 4 aliphatic rings. The summed E-state index contributed by atoms with van der Waals surface area (Å²) >= 11 is 0. The molecule has 0 heterocycles. The van der Waals surface area contributed by atoms with Gasteiger partial charge in [0.15, 0.2) is 18.1 Å². The number of alkyl halides is 1. The van der Waals surface area contributed by atoms with Crippen molar-refractivity contribution in [3.05, 3.63) is 23.8 Å². The average Bonchev–Trinajstić information content (AvgIpc) is 3.17. The summed E-state index contributed by atoms with van der Waals surface area (Å²) in [6.07, 6.45) is 3.98. The summed E-state index contributed by atoms with van der Waals surface area (Å²) in [4.78, 5) is 50.2. The van der Waals surface area contributed by atoms with Crippen LogP contribution in [0.4, 0.5) is 4.39 Å². The second-order valence-corrected chi connectivity index (χ2v) is 12.5. The molecule has 0 bridgehead atoms. The van der Waals surface area contributed by atoms with Crippen LogP contribution >= 0.6 is 0 Å². The number of methoxy groups -OCH3 is 1. The molecule has 3 saturated carbocycles. The third kappa shape index (κ3) is 5.06. The number of fused-ring (bicyclic) bond motifs is 5. The van der Waals surface area contributed by atoms with Gasteiger partial charge in [0, 0.05) is 30.4 Å². The zero-order valence-corrected chi connectivity index (χ0v) is 25.0. The van der Waals surface area contributed by atoms with Gasteiger partial charge in [0.1, 0.15) is 12.2 Å². The summed E-state index contributed by atoms with van der Waals surface area (Å²) in [6, 6.07) is 0. The van der Waals surface area contributed by atoms with Crippen LogP contribution in [0.1, 0.15) is 59.3 Å². The molecule has 0 aliphatic heterocycles. The molecule has 234 valence electrons. The Morgan fingerprint density at radius 1 is 1.10 bits per heavy atom. The lowest BCUT2D eigenvalue weighted by molar-refractivity contribution is -0.224. The molecule has 4 aliphatic carbocycles. The van der Waals surface area contributed by atoms with E-state index in [-0.39, 0.29) is 50.1 Å². The van der Waals surface area contributed by atoms with E-state index in [1.54, 1.807) is 13.0 Å². The number of Topliss-reactive ketones (excluding diaryl/α,β-unsaturated/α-hetero) is 1. The fourth-order valence-corrected chi connectivity index (χ4v) is 8.67. The second-order valence-electron chi connectivity index (χ2n) is 12.5. The minimum atomic E-state index is -2.03. The van der Waals surface area contributed by atoms with Crippen LogP contribution in [-0.2, 0) is 38.1 Å². The van der Waals surface area contributed by atoms with E-state index in [1.807, 2.05) is 13.8 Å². The molecule has 0 aromatic carbocycles. The summed E-state index contributed by atoms with van der Waals surface area (Å²) in [7, 11) is 1.43. The highest BCUT2D eigenvalue weighted by atomic mass is 19.1. The molecule has 8 unspecified atom stereocenters. The van der Waals surface area contributed by atoms with Gasteiger partial charge < -0.3 is 29.8 Å². The van der Waals surface area contributed by atoms with Crippen molar-refractivity contribution in [3.63, 3.8) is 0 Å². The van der Waals surface area contributed by atoms with E-state index in [9.17, 15) is 24.3 Å². The molecule has 0 aromatic heterocycles. The first-order valence-corrected chi connectivity index (χ1v) is 14.8. The quantitative estimate of drug-likeness (QED) is 0.255. The first-order chi connectivity index (χ1) is 19.8. The van der Waals surface area contributed by atoms with Crippen molar-refractivity contribution in [2.24, 2.45) is 34.3 Å². The van der Waals surface area contributed by atoms with E-state index in [0.29, 0.717) is 38.0 Å². The Morgan fingerprint density at radius 3 is 2.45 bits per heavy atom. The molecular formula is C31H44FNO9. The average molecular weight is 594 g/mol. The van der Waals surface area contributed by atoms with E-state index < -0.39 is 58.5 Å². The maximum atomic E-state index is 17.4. The van der Waals surface area contributed by atoms with E-state index in [2.05, 4.69) is 0 Å². The predicted octanol–water partition coefficient (Wildman–Crippen LogP) is 2.40. The lowest BCUT2D eigenvalue weighted by Gasteiger charge is -2.63. The van der Waals surface area contributed by atoms with Gasteiger partial charge in [-0.25, -0.2) is 4.39 Å². The minimum absolute atomic E-state index is 0.0337. The van der Waals surface area contributed by atoms with Crippen LogP contribution in [0, 0.1) is 28.6 Å². The van der Waals surface area contributed by atoms with Crippen molar-refractivity contribution in [1.82, 2.24) is 0 Å². The summed E-state index contributed by atoms with van der Waals surface area (Å²) in [5.74, 6) is -3.19. The third-order valence-corrected chi connectivity index (χ3v) is 10.6. The summed E-state index contributed by atoms with van der Waals surface area (Å²) < 4.78 is 38.8. The fraction of sp³-hybridized carbons (Fsp3) is 0.742. The predicted molar refractivity (Wildman–Crippen MR) is 149 cm³/mol. The second kappa shape index (κ2) is 12.3. The Labute approximate surface area is 246 Å². The van der Waals surface area contributed by atoms with Crippen LogP contribution < -0.4 is 5.73 Å². The van der Waals surface area contributed by atoms with Gasteiger partial charge in [0.05, 0.1) is 32.2 Å². The lowest BCUT2D eigenvalue weighted by Crippen LogP contribution is -2.69. The van der Waals surface area contributed by atoms with Gasteiger partial charge in [0.2, 0.25) is 5.78 Å². The Kier molecular flexibility index (Phi) is 9.47. The van der Waals surface area contributed by atoms with Crippen LogP contribution in [0.25, 0.3) is 0 Å². The van der Waals surface area contributed by atoms with Gasteiger partial charge in [-0.1, -0.05) is 25.5 Å². The highest BCUT2D eigenvalue weighted by molar-refractivity contribution is 6.01. The largest absolute Gasteiger partial charge is 0.463 e. The Morgan fingerprint density at radius 2 is 1.79 bits per heavy atom. The molecule has 3 fully saturated rings. The number of ether oxygens (including phenoxy) is 4. The molecule has 0 aromatic rings. The van der Waals surface area contributed by atoms with Crippen molar-refractivity contribution in [2.45, 2.75) is 76.7 Å². The van der Waals surface area contributed by atoms with Crippen LogP contribution in [0.2, 0.25) is 0 Å². The summed E-state index contributed by atoms with van der Waals surface area (Å²) in [5, 5.41) is 11.6. The molecule has 0 saturated heterocycles. The summed E-state index contributed by atoms with van der Waals surface area (Å²) in [6.45, 7) is 5.87. The number of esters is 2. The first kappa shape index (κ1) is 32.4. The number of ketones is 2. The van der Waals surface area contributed by atoms with Crippen LogP contribution in [0.5, 0.6) is 0 Å². The van der Waals surface area contributed by atoms with Gasteiger partial charge in [-0.2, -0.15) is 0 Å². The zero-order valence-electron chi connectivity index (χ0n) is 25.0. The van der Waals surface area contributed by atoms with Crippen molar-refractivity contribution in [3.8, 4) is 0 Å². The molecule has 8 atom stereocenters. The first-order valence-electron chi connectivity index (χ1n) is 14.8. The molecular weight excluding hydrogens is 549 g/mol. The van der Waals surface area contributed by atoms with Gasteiger partial charge in [0.25, 0.3) is 0 Å². The molecule has 3 N–H and O–H groups in total. The van der Waals surface area contributed by atoms with E-state index >= 15 is 4.39 Å². The van der Waals surface area contributed by atoms with E-state index in [1.165, 1.54) is 19.3 Å². The third-order valence-electron chi connectivity index (χ3n) is 10.6. The number of aliphatic hydroxyl groups excluding tert-OH is 1. The number of allylic oxidation sites excluding steroid dienone is 4. The van der Waals surface area contributed by atoms with E-state index in [4.69, 9.17) is 24.7 Å². The van der Waals surface area contributed by atoms with Crippen molar-refractivity contribution >= 4 is 23.5 Å². The van der Waals surface area contributed by atoms with Crippen LogP contribution in [-0.4, -0.2) is 86.1 Å². The number of aliphatic hydroxyl groups is 1. The molecule has 0 amide bonds. The number of rotatable bonds is 12. The van der Waals surface area contributed by atoms with Crippen molar-refractivity contribution in [2.75, 3.05) is 40.1 Å². The number of carbonyl (C=O) groups excluding carboxylic acids is 4. The smallest absolute Gasteiger partial charge is 0.306 e. The number of nitrogens with two attached hydrogens (primary N) is 1. The van der Waals surface area contributed by atoms with Gasteiger partial charge >= 0.3 is 11.9 Å². The van der Waals surface area contributed by atoms with E-state index in [0.717, 1.165) is 0 Å². The highest BCUT2D eigenvalue weighted by Crippen LogP contribution is 2.71. The summed E-state index contributed by atoms with van der Waals surface area (Å²) in [5.41, 5.74) is 0.488. The number of hydrogen-bond acceptors (Lipinski definition) is 10.